The van der Waals surface area contributed by atoms with Crippen molar-refractivity contribution in [3.63, 3.8) is 0 Å². The van der Waals surface area contributed by atoms with Gasteiger partial charge < -0.3 is 10.4 Å². The number of nitro benzene ring substituents is 1. The number of hydrogen-bond donors (Lipinski definition) is 2. The summed E-state index contributed by atoms with van der Waals surface area (Å²) in [5.74, 6) is 0.134. The molecular weight excluding hydrogens is 546 g/mol. The van der Waals surface area contributed by atoms with Crippen LogP contribution in [0.3, 0.4) is 0 Å². The summed E-state index contributed by atoms with van der Waals surface area (Å²) >= 11 is 1.53. The number of anilines is 1. The minimum atomic E-state index is -0.570. The molecule has 0 aliphatic rings. The van der Waals surface area contributed by atoms with Gasteiger partial charge in [-0.05, 0) is 53.2 Å². The molecule has 7 rings (SSSR count). The third-order valence-corrected chi connectivity index (χ3v) is 8.19. The number of nitrogens with one attached hydrogen (secondary N) is 1. The fourth-order valence-electron chi connectivity index (χ4n) is 5.23. The Morgan fingerprint density at radius 1 is 0.857 bits per heavy atom. The second-order valence-electron chi connectivity index (χ2n) is 9.80. The van der Waals surface area contributed by atoms with Gasteiger partial charge in [0, 0.05) is 35.0 Å². The van der Waals surface area contributed by atoms with Gasteiger partial charge in [-0.1, -0.05) is 72.0 Å². The second-order valence-corrected chi connectivity index (χ2v) is 10.8. The molecule has 0 aliphatic carbocycles. The summed E-state index contributed by atoms with van der Waals surface area (Å²) in [6.07, 6.45) is 1.94. The average Bonchev–Trinajstić information content (AvgIpc) is 3.65. The molecule has 2 N–H and O–H groups in total. The van der Waals surface area contributed by atoms with E-state index in [1.807, 2.05) is 91.1 Å². The predicted molar refractivity (Wildman–Crippen MR) is 166 cm³/mol. The molecule has 5 aromatic carbocycles. The molecule has 204 valence electrons. The number of fused-ring (bicyclic) bond motifs is 2. The topological polar surface area (TPSA) is 106 Å². The monoisotopic (exact) mass is 569 g/mol. The minimum Gasteiger partial charge on any atom is -0.508 e. The van der Waals surface area contributed by atoms with Gasteiger partial charge in [-0.25, -0.2) is 9.67 Å². The predicted octanol–water partition coefficient (Wildman–Crippen LogP) is 8.12. The first-order valence-electron chi connectivity index (χ1n) is 13.3. The van der Waals surface area contributed by atoms with Gasteiger partial charge >= 0.3 is 0 Å². The lowest BCUT2D eigenvalue weighted by atomic mass is 9.91. The molecule has 0 spiro atoms. The lowest BCUT2D eigenvalue weighted by molar-refractivity contribution is -0.384. The highest BCUT2D eigenvalue weighted by Gasteiger charge is 2.28. The van der Waals surface area contributed by atoms with Crippen molar-refractivity contribution in [2.45, 2.75) is 6.04 Å². The summed E-state index contributed by atoms with van der Waals surface area (Å²) in [4.78, 5) is 15.8. The Labute approximate surface area is 244 Å². The fourth-order valence-corrected chi connectivity index (χ4v) is 6.12. The number of hydrogen-bond acceptors (Lipinski definition) is 7. The molecular formula is C33H23N5O3S. The van der Waals surface area contributed by atoms with E-state index in [-0.39, 0.29) is 11.4 Å². The molecule has 0 aliphatic heterocycles. The molecule has 9 heteroatoms. The normalized spacial score (nSPS) is 12.0. The van der Waals surface area contributed by atoms with E-state index in [2.05, 4.69) is 5.32 Å². The van der Waals surface area contributed by atoms with Crippen molar-refractivity contribution in [2.24, 2.45) is 0 Å². The minimum absolute atomic E-state index is 0.00126. The van der Waals surface area contributed by atoms with Crippen LogP contribution in [0.1, 0.15) is 17.2 Å². The van der Waals surface area contributed by atoms with Crippen LogP contribution in [-0.2, 0) is 0 Å². The fraction of sp³-hybridized carbons (Fsp3) is 0.0303. The molecule has 0 bridgehead atoms. The summed E-state index contributed by atoms with van der Waals surface area (Å²) < 4.78 is 2.83. The highest BCUT2D eigenvalue weighted by Crippen LogP contribution is 2.42. The van der Waals surface area contributed by atoms with Crippen LogP contribution in [0.4, 0.5) is 10.8 Å². The van der Waals surface area contributed by atoms with Crippen LogP contribution in [0.15, 0.2) is 121 Å². The van der Waals surface area contributed by atoms with Gasteiger partial charge in [0.1, 0.15) is 5.75 Å². The van der Waals surface area contributed by atoms with Crippen molar-refractivity contribution in [3.8, 4) is 22.7 Å². The van der Waals surface area contributed by atoms with Crippen LogP contribution in [0.2, 0.25) is 0 Å². The molecule has 2 heterocycles. The third-order valence-electron chi connectivity index (χ3n) is 7.22. The number of nitro groups is 1. The quantitative estimate of drug-likeness (QED) is 0.148. The Bertz CT molecular complexity index is 2040. The summed E-state index contributed by atoms with van der Waals surface area (Å²) in [6.45, 7) is 0. The maximum atomic E-state index is 11.4. The molecule has 1 unspecified atom stereocenters. The van der Waals surface area contributed by atoms with E-state index >= 15 is 0 Å². The van der Waals surface area contributed by atoms with E-state index < -0.39 is 11.0 Å². The Morgan fingerprint density at radius 2 is 1.60 bits per heavy atom. The lowest BCUT2D eigenvalue weighted by Crippen LogP contribution is -2.13. The standard InChI is InChI=1S/C33H23N5O3S/c39-28-19-16-21-8-4-5-11-25(21)30(28)32(35-33-34-27-12-6-7-13-29(27)42-33)26-20-37(23-9-2-1-3-10-23)36-31(26)22-14-17-24(18-15-22)38(40)41/h1-20,32,39H,(H,34,35). The number of non-ortho nitro benzene ring substituents is 1. The molecule has 0 saturated carbocycles. The SMILES string of the molecule is O=[N+]([O-])c1ccc(-c2nn(-c3ccccc3)cc2C(Nc2nc3ccccc3s2)c2c(O)ccc3ccccc23)cc1. The Hall–Kier alpha value is -5.54. The zero-order chi connectivity index (χ0) is 28.6. The van der Waals surface area contributed by atoms with Crippen molar-refractivity contribution in [3.05, 3.63) is 143 Å². The number of aromatic hydroxyl groups is 1. The first kappa shape index (κ1) is 25.4. The molecule has 0 amide bonds. The number of thiazole rings is 1. The summed E-state index contributed by atoms with van der Waals surface area (Å²) in [6, 6.07) is 35.0. The Balaban J connectivity index is 1.48. The number of para-hydroxylation sites is 2. The zero-order valence-corrected chi connectivity index (χ0v) is 22.9. The lowest BCUT2D eigenvalue weighted by Gasteiger charge is -2.22. The van der Waals surface area contributed by atoms with Crippen LogP contribution >= 0.6 is 11.3 Å². The van der Waals surface area contributed by atoms with Crippen LogP contribution in [0.25, 0.3) is 37.9 Å². The zero-order valence-electron chi connectivity index (χ0n) is 22.1. The van der Waals surface area contributed by atoms with Crippen molar-refractivity contribution in [1.82, 2.24) is 14.8 Å². The van der Waals surface area contributed by atoms with E-state index in [9.17, 15) is 15.2 Å². The second kappa shape index (κ2) is 10.5. The first-order valence-corrected chi connectivity index (χ1v) is 14.1. The van der Waals surface area contributed by atoms with E-state index in [1.165, 1.54) is 23.5 Å². The number of benzene rings is 5. The van der Waals surface area contributed by atoms with Gasteiger partial charge in [-0.2, -0.15) is 5.10 Å². The van der Waals surface area contributed by atoms with E-state index in [1.54, 1.807) is 22.9 Å². The highest BCUT2D eigenvalue weighted by molar-refractivity contribution is 7.22. The molecule has 7 aromatic rings. The molecule has 0 fully saturated rings. The summed E-state index contributed by atoms with van der Waals surface area (Å²) in [5.41, 5.74) is 4.52. The number of rotatable bonds is 7. The number of nitrogens with zero attached hydrogens (tertiary/aromatic N) is 4. The number of phenols is 1. The van der Waals surface area contributed by atoms with Crippen LogP contribution < -0.4 is 5.32 Å². The maximum absolute atomic E-state index is 11.4. The Morgan fingerprint density at radius 3 is 2.38 bits per heavy atom. The molecule has 2 aromatic heterocycles. The largest absolute Gasteiger partial charge is 0.508 e. The van der Waals surface area contributed by atoms with Gasteiger partial charge in [0.25, 0.3) is 5.69 Å². The van der Waals surface area contributed by atoms with Gasteiger partial charge in [-0.3, -0.25) is 10.1 Å². The number of phenolic OH excluding ortho intramolecular Hbond substituents is 1. The highest BCUT2D eigenvalue weighted by atomic mass is 32.1. The van der Waals surface area contributed by atoms with Crippen molar-refractivity contribution in [2.75, 3.05) is 5.32 Å². The van der Waals surface area contributed by atoms with Gasteiger partial charge in [0.2, 0.25) is 0 Å². The van der Waals surface area contributed by atoms with Crippen molar-refractivity contribution in [1.29, 1.82) is 0 Å². The van der Waals surface area contributed by atoms with Crippen LogP contribution in [0.5, 0.6) is 5.75 Å². The van der Waals surface area contributed by atoms with Crippen LogP contribution in [0, 0.1) is 10.1 Å². The van der Waals surface area contributed by atoms with E-state index in [0.717, 1.165) is 32.2 Å². The van der Waals surface area contributed by atoms with Gasteiger partial charge in [-0.15, -0.1) is 0 Å². The van der Waals surface area contributed by atoms with Crippen LogP contribution in [-0.4, -0.2) is 24.8 Å². The third kappa shape index (κ3) is 4.61. The smallest absolute Gasteiger partial charge is 0.269 e. The molecule has 42 heavy (non-hydrogen) atoms. The molecule has 0 radical (unpaired) electrons. The maximum Gasteiger partial charge on any atom is 0.269 e. The summed E-state index contributed by atoms with van der Waals surface area (Å²) in [5, 5.41) is 33.9. The molecule has 0 saturated heterocycles. The van der Waals surface area contributed by atoms with E-state index in [4.69, 9.17) is 10.1 Å². The average molecular weight is 570 g/mol. The number of aromatic nitrogens is 3. The van der Waals surface area contributed by atoms with Gasteiger partial charge in [0.15, 0.2) is 5.13 Å². The summed E-state index contributed by atoms with van der Waals surface area (Å²) in [7, 11) is 0. The van der Waals surface area contributed by atoms with Gasteiger partial charge in [0.05, 0.1) is 32.6 Å². The molecule has 1 atom stereocenters. The van der Waals surface area contributed by atoms with E-state index in [0.29, 0.717) is 22.0 Å². The first-order chi connectivity index (χ1) is 20.5. The van der Waals surface area contributed by atoms with Crippen molar-refractivity contribution < 1.29 is 10.0 Å². The van der Waals surface area contributed by atoms with Crippen molar-refractivity contribution >= 4 is 43.1 Å². The Kier molecular flexibility index (Phi) is 6.33. The molecule has 8 nitrogen and oxygen atoms in total.